The lowest BCUT2D eigenvalue weighted by Crippen LogP contribution is -2.43. The van der Waals surface area contributed by atoms with Crippen molar-refractivity contribution < 1.29 is 5.11 Å². The van der Waals surface area contributed by atoms with Gasteiger partial charge >= 0.3 is 0 Å². The van der Waals surface area contributed by atoms with Gasteiger partial charge in [-0.2, -0.15) is 0 Å². The Bertz CT molecular complexity index is 265. The summed E-state index contributed by atoms with van der Waals surface area (Å²) in [7, 11) is 0. The maximum atomic E-state index is 9.39. The van der Waals surface area contributed by atoms with Crippen molar-refractivity contribution in [3.63, 3.8) is 0 Å². The molecule has 0 aromatic carbocycles. The summed E-state index contributed by atoms with van der Waals surface area (Å²) in [4.78, 5) is 1.42. The van der Waals surface area contributed by atoms with Crippen molar-refractivity contribution in [2.24, 2.45) is 0 Å². The second-order valence-electron chi connectivity index (χ2n) is 4.05. The maximum absolute atomic E-state index is 9.39. The first-order chi connectivity index (χ1) is 6.85. The fourth-order valence-electron chi connectivity index (χ4n) is 2.11. The molecule has 0 amide bonds. The van der Waals surface area contributed by atoms with Gasteiger partial charge in [-0.3, -0.25) is 0 Å². The molecular weight excluding hydrogens is 194 g/mol. The zero-order chi connectivity index (χ0) is 9.86. The molecule has 2 N–H and O–H groups in total. The molecule has 1 aromatic heterocycles. The Kier molecular flexibility index (Phi) is 3.21. The Morgan fingerprint density at radius 1 is 1.57 bits per heavy atom. The summed E-state index contributed by atoms with van der Waals surface area (Å²) < 4.78 is 0. The largest absolute Gasteiger partial charge is 0.394 e. The van der Waals surface area contributed by atoms with Crippen LogP contribution in [0.3, 0.4) is 0 Å². The van der Waals surface area contributed by atoms with Crippen molar-refractivity contribution in [1.29, 1.82) is 0 Å². The fourth-order valence-corrected chi connectivity index (χ4v) is 2.82. The first-order valence-corrected chi connectivity index (χ1v) is 6.11. The van der Waals surface area contributed by atoms with Gasteiger partial charge in [0.25, 0.3) is 0 Å². The van der Waals surface area contributed by atoms with E-state index in [2.05, 4.69) is 22.8 Å². The Labute approximate surface area is 89.0 Å². The molecule has 0 bridgehead atoms. The topological polar surface area (TPSA) is 32.3 Å². The molecule has 1 aliphatic rings. The third-order valence-electron chi connectivity index (χ3n) is 3.06. The molecule has 78 valence electrons. The van der Waals surface area contributed by atoms with E-state index in [0.29, 0.717) is 0 Å². The van der Waals surface area contributed by atoms with Crippen molar-refractivity contribution >= 4 is 11.3 Å². The second-order valence-corrected chi connectivity index (χ2v) is 5.08. The minimum atomic E-state index is 0.0178. The van der Waals surface area contributed by atoms with Crippen LogP contribution < -0.4 is 5.32 Å². The number of nitrogens with one attached hydrogen (secondary N) is 1. The lowest BCUT2D eigenvalue weighted by Gasteiger charge is -2.26. The van der Waals surface area contributed by atoms with Gasteiger partial charge in [0.15, 0.2) is 0 Å². The van der Waals surface area contributed by atoms with Crippen LogP contribution in [0, 0.1) is 0 Å². The zero-order valence-electron chi connectivity index (χ0n) is 8.33. The van der Waals surface area contributed by atoms with Crippen LogP contribution in [-0.4, -0.2) is 23.8 Å². The lowest BCUT2D eigenvalue weighted by atomic mass is 9.92. The van der Waals surface area contributed by atoms with Gasteiger partial charge in [-0.05, 0) is 43.7 Å². The number of aryl methyl sites for hydroxylation is 1. The van der Waals surface area contributed by atoms with Gasteiger partial charge in [0.2, 0.25) is 0 Å². The van der Waals surface area contributed by atoms with Gasteiger partial charge in [-0.25, -0.2) is 0 Å². The van der Waals surface area contributed by atoms with Crippen LogP contribution in [0.2, 0.25) is 0 Å². The monoisotopic (exact) mass is 211 g/mol. The van der Waals surface area contributed by atoms with Crippen molar-refractivity contribution in [2.45, 2.75) is 31.2 Å². The van der Waals surface area contributed by atoms with Crippen LogP contribution in [0.1, 0.15) is 24.1 Å². The number of thiophene rings is 1. The Morgan fingerprint density at radius 3 is 3.07 bits per heavy atom. The van der Waals surface area contributed by atoms with Gasteiger partial charge in [-0.15, -0.1) is 11.3 Å². The number of hydrogen-bond acceptors (Lipinski definition) is 3. The SMILES string of the molecule is OCC1(CCc2cccs2)CCCN1. The minimum absolute atomic E-state index is 0.0178. The van der Waals surface area contributed by atoms with Crippen molar-refractivity contribution in [1.82, 2.24) is 5.32 Å². The Balaban J connectivity index is 1.89. The van der Waals surface area contributed by atoms with E-state index in [1.807, 2.05) is 0 Å². The number of rotatable bonds is 4. The highest BCUT2D eigenvalue weighted by Crippen LogP contribution is 2.25. The van der Waals surface area contributed by atoms with E-state index in [1.54, 1.807) is 11.3 Å². The summed E-state index contributed by atoms with van der Waals surface area (Å²) in [5, 5.41) is 14.9. The highest BCUT2D eigenvalue weighted by atomic mass is 32.1. The summed E-state index contributed by atoms with van der Waals surface area (Å²) in [6.07, 6.45) is 4.47. The third-order valence-corrected chi connectivity index (χ3v) is 4.00. The first kappa shape index (κ1) is 10.1. The number of aliphatic hydroxyl groups is 1. The van der Waals surface area contributed by atoms with Gasteiger partial charge in [0, 0.05) is 10.4 Å². The van der Waals surface area contributed by atoms with E-state index < -0.39 is 0 Å². The van der Waals surface area contributed by atoms with Gasteiger partial charge < -0.3 is 10.4 Å². The van der Waals surface area contributed by atoms with E-state index in [4.69, 9.17) is 0 Å². The molecule has 2 rings (SSSR count). The van der Waals surface area contributed by atoms with Crippen LogP contribution in [-0.2, 0) is 6.42 Å². The Morgan fingerprint density at radius 2 is 2.50 bits per heavy atom. The van der Waals surface area contributed by atoms with E-state index in [1.165, 1.54) is 11.3 Å². The van der Waals surface area contributed by atoms with E-state index in [0.717, 1.165) is 25.8 Å². The first-order valence-electron chi connectivity index (χ1n) is 5.23. The predicted octanol–water partition coefficient (Wildman–Crippen LogP) is 1.80. The molecule has 1 fully saturated rings. The minimum Gasteiger partial charge on any atom is -0.394 e. The predicted molar refractivity (Wildman–Crippen MR) is 59.7 cm³/mol. The van der Waals surface area contributed by atoms with Gasteiger partial charge in [-0.1, -0.05) is 6.07 Å². The lowest BCUT2D eigenvalue weighted by molar-refractivity contribution is 0.169. The van der Waals surface area contributed by atoms with E-state index >= 15 is 0 Å². The third kappa shape index (κ3) is 2.16. The highest BCUT2D eigenvalue weighted by Gasteiger charge is 2.31. The smallest absolute Gasteiger partial charge is 0.0613 e. The molecule has 2 nitrogen and oxygen atoms in total. The molecule has 0 aliphatic carbocycles. The number of aliphatic hydroxyl groups excluding tert-OH is 1. The molecule has 0 radical (unpaired) electrons. The summed E-state index contributed by atoms with van der Waals surface area (Å²) in [5.74, 6) is 0. The van der Waals surface area contributed by atoms with Gasteiger partial charge in [0.05, 0.1) is 6.61 Å². The quantitative estimate of drug-likeness (QED) is 0.796. The molecule has 3 heteroatoms. The molecule has 0 spiro atoms. The van der Waals surface area contributed by atoms with Crippen LogP contribution in [0.15, 0.2) is 17.5 Å². The Hall–Kier alpha value is -0.380. The van der Waals surface area contributed by atoms with Gasteiger partial charge in [0.1, 0.15) is 0 Å². The zero-order valence-corrected chi connectivity index (χ0v) is 9.15. The summed E-state index contributed by atoms with van der Waals surface area (Å²) in [6, 6.07) is 4.26. The van der Waals surface area contributed by atoms with Crippen LogP contribution in [0.5, 0.6) is 0 Å². The average molecular weight is 211 g/mol. The van der Waals surface area contributed by atoms with Crippen LogP contribution in [0.4, 0.5) is 0 Å². The maximum Gasteiger partial charge on any atom is 0.0613 e. The number of hydrogen-bond donors (Lipinski definition) is 2. The molecule has 0 saturated carbocycles. The second kappa shape index (κ2) is 4.43. The van der Waals surface area contributed by atoms with Crippen LogP contribution >= 0.6 is 11.3 Å². The van der Waals surface area contributed by atoms with E-state index in [9.17, 15) is 5.11 Å². The average Bonchev–Trinajstić information content (AvgIpc) is 2.87. The molecule has 1 saturated heterocycles. The van der Waals surface area contributed by atoms with Crippen molar-refractivity contribution in [3.05, 3.63) is 22.4 Å². The molecular formula is C11H17NOS. The van der Waals surface area contributed by atoms with Crippen LogP contribution in [0.25, 0.3) is 0 Å². The highest BCUT2D eigenvalue weighted by molar-refractivity contribution is 7.09. The van der Waals surface area contributed by atoms with E-state index in [-0.39, 0.29) is 12.1 Å². The van der Waals surface area contributed by atoms with Crippen molar-refractivity contribution in [2.75, 3.05) is 13.2 Å². The standard InChI is InChI=1S/C11H17NOS/c13-9-11(5-2-7-12-11)6-4-10-3-1-8-14-10/h1,3,8,12-13H,2,4-7,9H2. The molecule has 1 aliphatic heterocycles. The fraction of sp³-hybridized carbons (Fsp3) is 0.636. The molecule has 14 heavy (non-hydrogen) atoms. The molecule has 1 aromatic rings. The summed E-state index contributed by atoms with van der Waals surface area (Å²) in [6.45, 7) is 1.34. The molecule has 1 unspecified atom stereocenters. The summed E-state index contributed by atoms with van der Waals surface area (Å²) in [5.41, 5.74) is 0.0178. The molecule has 2 heterocycles. The van der Waals surface area contributed by atoms with Crippen molar-refractivity contribution in [3.8, 4) is 0 Å². The normalized spacial score (nSPS) is 26.9. The molecule has 1 atom stereocenters. The summed E-state index contributed by atoms with van der Waals surface area (Å²) >= 11 is 1.81.